The highest BCUT2D eigenvalue weighted by atomic mass is 32.1. The van der Waals surface area contributed by atoms with Gasteiger partial charge in [0.25, 0.3) is 0 Å². The lowest BCUT2D eigenvalue weighted by Crippen LogP contribution is -2.23. The van der Waals surface area contributed by atoms with Crippen molar-refractivity contribution in [2.45, 2.75) is 65.3 Å². The molecule has 1 rings (SSSR count). The molecule has 20 heavy (non-hydrogen) atoms. The molecule has 0 aromatic carbocycles. The van der Waals surface area contributed by atoms with Crippen molar-refractivity contribution in [1.82, 2.24) is 5.32 Å². The largest absolute Gasteiger partial charge is 0.496 e. The van der Waals surface area contributed by atoms with Crippen molar-refractivity contribution in [2.75, 3.05) is 13.7 Å². The van der Waals surface area contributed by atoms with Crippen LogP contribution in [0.2, 0.25) is 0 Å². The van der Waals surface area contributed by atoms with Gasteiger partial charge in [0.05, 0.1) is 7.11 Å². The molecule has 0 saturated carbocycles. The molecule has 1 aromatic heterocycles. The molecular weight excluding hydrogens is 266 g/mol. The average Bonchev–Trinajstić information content (AvgIpc) is 2.95. The number of ether oxygens (including phenoxy) is 1. The summed E-state index contributed by atoms with van der Waals surface area (Å²) in [5, 5.41) is 5.83. The summed E-state index contributed by atoms with van der Waals surface area (Å²) >= 11 is 1.82. The third kappa shape index (κ3) is 5.84. The zero-order valence-electron chi connectivity index (χ0n) is 13.6. The summed E-state index contributed by atoms with van der Waals surface area (Å²) in [6.45, 7) is 7.93. The summed E-state index contributed by atoms with van der Waals surface area (Å²) in [5.74, 6) is 1.83. The van der Waals surface area contributed by atoms with Gasteiger partial charge in [0.1, 0.15) is 5.75 Å². The van der Waals surface area contributed by atoms with Crippen LogP contribution in [-0.2, 0) is 0 Å². The van der Waals surface area contributed by atoms with E-state index in [2.05, 4.69) is 37.5 Å². The van der Waals surface area contributed by atoms with Gasteiger partial charge in [0, 0.05) is 16.3 Å². The summed E-state index contributed by atoms with van der Waals surface area (Å²) in [4.78, 5) is 1.42. The molecule has 1 aromatic rings. The smallest absolute Gasteiger partial charge is 0.129 e. The summed E-state index contributed by atoms with van der Waals surface area (Å²) in [6.07, 6.45) is 7.74. The van der Waals surface area contributed by atoms with Crippen LogP contribution in [0.25, 0.3) is 0 Å². The lowest BCUT2D eigenvalue weighted by molar-refractivity contribution is 0.355. The van der Waals surface area contributed by atoms with Gasteiger partial charge in [-0.25, -0.2) is 0 Å². The molecule has 1 N–H and O–H groups in total. The van der Waals surface area contributed by atoms with E-state index < -0.39 is 0 Å². The maximum atomic E-state index is 5.33. The first-order valence-electron chi connectivity index (χ1n) is 8.10. The molecule has 2 nitrogen and oxygen atoms in total. The van der Waals surface area contributed by atoms with Crippen LogP contribution in [0, 0.1) is 5.92 Å². The molecule has 0 amide bonds. The highest BCUT2D eigenvalue weighted by Gasteiger charge is 2.18. The van der Waals surface area contributed by atoms with Crippen LogP contribution in [0.4, 0.5) is 0 Å². The molecule has 0 aliphatic heterocycles. The summed E-state index contributed by atoms with van der Waals surface area (Å²) in [5.41, 5.74) is 0. The van der Waals surface area contributed by atoms with Gasteiger partial charge in [-0.15, -0.1) is 11.3 Å². The minimum absolute atomic E-state index is 0.491. The summed E-state index contributed by atoms with van der Waals surface area (Å²) < 4.78 is 5.33. The van der Waals surface area contributed by atoms with Gasteiger partial charge < -0.3 is 10.1 Å². The van der Waals surface area contributed by atoms with Gasteiger partial charge in [-0.1, -0.05) is 46.5 Å². The van der Waals surface area contributed by atoms with Crippen molar-refractivity contribution in [3.63, 3.8) is 0 Å². The highest BCUT2D eigenvalue weighted by molar-refractivity contribution is 7.10. The van der Waals surface area contributed by atoms with Crippen LogP contribution in [-0.4, -0.2) is 13.7 Å². The van der Waals surface area contributed by atoms with Crippen molar-refractivity contribution >= 4 is 11.3 Å². The Morgan fingerprint density at radius 2 is 2.05 bits per heavy atom. The second-order valence-corrected chi connectivity index (χ2v) is 6.49. The van der Waals surface area contributed by atoms with Crippen molar-refractivity contribution in [3.05, 3.63) is 16.3 Å². The molecule has 1 heterocycles. The van der Waals surface area contributed by atoms with E-state index in [0.717, 1.165) is 18.2 Å². The number of methoxy groups -OCH3 is 1. The quantitative estimate of drug-likeness (QED) is 0.590. The molecule has 3 heteroatoms. The lowest BCUT2D eigenvalue weighted by atomic mass is 9.91. The summed E-state index contributed by atoms with van der Waals surface area (Å²) in [6, 6.07) is 2.69. The Morgan fingerprint density at radius 3 is 2.60 bits per heavy atom. The second kappa shape index (κ2) is 10.2. The van der Waals surface area contributed by atoms with Crippen molar-refractivity contribution in [1.29, 1.82) is 0 Å². The third-order valence-electron chi connectivity index (χ3n) is 3.93. The van der Waals surface area contributed by atoms with Crippen LogP contribution in [0.1, 0.15) is 70.2 Å². The number of hydrogen-bond acceptors (Lipinski definition) is 3. The zero-order chi connectivity index (χ0) is 14.8. The Balaban J connectivity index is 2.66. The monoisotopic (exact) mass is 297 g/mol. The molecule has 0 bridgehead atoms. The Hall–Kier alpha value is -0.540. The van der Waals surface area contributed by atoms with Gasteiger partial charge in [-0.3, -0.25) is 0 Å². The van der Waals surface area contributed by atoms with Crippen LogP contribution < -0.4 is 10.1 Å². The van der Waals surface area contributed by atoms with Gasteiger partial charge in [0.2, 0.25) is 0 Å². The van der Waals surface area contributed by atoms with E-state index >= 15 is 0 Å². The number of rotatable bonds is 11. The lowest BCUT2D eigenvalue weighted by Gasteiger charge is -2.23. The molecule has 0 saturated heterocycles. The molecule has 0 radical (unpaired) electrons. The maximum absolute atomic E-state index is 5.33. The first-order valence-corrected chi connectivity index (χ1v) is 8.98. The van der Waals surface area contributed by atoms with Gasteiger partial charge in [-0.05, 0) is 31.4 Å². The highest BCUT2D eigenvalue weighted by Crippen LogP contribution is 2.32. The van der Waals surface area contributed by atoms with Crippen LogP contribution in [0.3, 0.4) is 0 Å². The molecule has 0 aliphatic rings. The molecule has 2 unspecified atom stereocenters. The van der Waals surface area contributed by atoms with Crippen molar-refractivity contribution in [3.8, 4) is 5.75 Å². The molecule has 2 atom stereocenters. The Kier molecular flexibility index (Phi) is 8.95. The van der Waals surface area contributed by atoms with E-state index in [1.807, 2.05) is 11.3 Å². The third-order valence-corrected chi connectivity index (χ3v) is 4.95. The first-order chi connectivity index (χ1) is 9.74. The SMILES string of the molecule is CCCCC(CC)CC(NCCC)c1cc(OC)cs1. The summed E-state index contributed by atoms with van der Waals surface area (Å²) in [7, 11) is 1.75. The fraction of sp³-hybridized carbons (Fsp3) is 0.765. The number of nitrogens with one attached hydrogen (secondary N) is 1. The van der Waals surface area contributed by atoms with Gasteiger partial charge in [-0.2, -0.15) is 0 Å². The van der Waals surface area contributed by atoms with Gasteiger partial charge in [0.15, 0.2) is 0 Å². The zero-order valence-corrected chi connectivity index (χ0v) is 14.4. The minimum Gasteiger partial charge on any atom is -0.496 e. The number of thiophene rings is 1. The number of hydrogen-bond donors (Lipinski definition) is 1. The maximum Gasteiger partial charge on any atom is 0.129 e. The molecule has 0 spiro atoms. The minimum atomic E-state index is 0.491. The van der Waals surface area contributed by atoms with E-state index in [1.165, 1.54) is 43.4 Å². The standard InChI is InChI=1S/C17H31NOS/c1-5-8-9-14(7-3)11-16(18-10-6-2)17-12-15(19-4)13-20-17/h12-14,16,18H,5-11H2,1-4H3. The van der Waals surface area contributed by atoms with Crippen molar-refractivity contribution in [2.24, 2.45) is 5.92 Å². The van der Waals surface area contributed by atoms with E-state index in [0.29, 0.717) is 6.04 Å². The van der Waals surface area contributed by atoms with E-state index in [-0.39, 0.29) is 0 Å². The van der Waals surface area contributed by atoms with Crippen molar-refractivity contribution < 1.29 is 4.74 Å². The van der Waals surface area contributed by atoms with Crippen LogP contribution in [0.5, 0.6) is 5.75 Å². The fourth-order valence-corrected chi connectivity index (χ4v) is 3.50. The topological polar surface area (TPSA) is 21.3 Å². The Labute approximate surface area is 128 Å². The predicted octanol–water partition coefficient (Wildman–Crippen LogP) is 5.40. The average molecular weight is 298 g/mol. The van der Waals surface area contributed by atoms with Crippen LogP contribution in [0.15, 0.2) is 11.4 Å². The van der Waals surface area contributed by atoms with E-state index in [1.54, 1.807) is 7.11 Å². The molecule has 0 aliphatic carbocycles. The Morgan fingerprint density at radius 1 is 1.25 bits per heavy atom. The van der Waals surface area contributed by atoms with Gasteiger partial charge >= 0.3 is 0 Å². The van der Waals surface area contributed by atoms with Crippen LogP contribution >= 0.6 is 11.3 Å². The van der Waals surface area contributed by atoms with E-state index in [9.17, 15) is 0 Å². The second-order valence-electron chi connectivity index (χ2n) is 5.55. The fourth-order valence-electron chi connectivity index (χ4n) is 2.56. The molecular formula is C17H31NOS. The normalized spacial score (nSPS) is 14.2. The number of unbranched alkanes of at least 4 members (excludes halogenated alkanes) is 1. The molecule has 116 valence electrons. The predicted molar refractivity (Wildman–Crippen MR) is 89.8 cm³/mol. The van der Waals surface area contributed by atoms with E-state index in [4.69, 9.17) is 4.74 Å². The first kappa shape index (κ1) is 17.5. The Bertz CT molecular complexity index is 351. The molecule has 0 fully saturated rings.